The summed E-state index contributed by atoms with van der Waals surface area (Å²) >= 11 is 6.01. The van der Waals surface area contributed by atoms with Crippen LogP contribution < -0.4 is 14.8 Å². The van der Waals surface area contributed by atoms with Gasteiger partial charge in [0, 0.05) is 10.6 Å². The summed E-state index contributed by atoms with van der Waals surface area (Å²) in [6.45, 7) is 7.56. The first kappa shape index (κ1) is 23.2. The van der Waals surface area contributed by atoms with Crippen molar-refractivity contribution < 1.29 is 17.9 Å². The van der Waals surface area contributed by atoms with E-state index in [4.69, 9.17) is 16.3 Å². The van der Waals surface area contributed by atoms with Gasteiger partial charge in [0.15, 0.2) is 0 Å². The van der Waals surface area contributed by atoms with Gasteiger partial charge in [0.1, 0.15) is 16.7 Å². The molecule has 1 amide bonds. The molecule has 0 heterocycles. The van der Waals surface area contributed by atoms with Crippen molar-refractivity contribution in [2.24, 2.45) is 0 Å². The van der Waals surface area contributed by atoms with Gasteiger partial charge in [-0.15, -0.1) is 0 Å². The zero-order chi connectivity index (χ0) is 21.7. The van der Waals surface area contributed by atoms with E-state index in [1.54, 1.807) is 13.0 Å². The third kappa shape index (κ3) is 7.03. The van der Waals surface area contributed by atoms with Gasteiger partial charge in [-0.3, -0.25) is 4.79 Å². The van der Waals surface area contributed by atoms with Gasteiger partial charge in [0.2, 0.25) is 15.9 Å². The minimum atomic E-state index is -4.08. The Balaban J connectivity index is 2.38. The van der Waals surface area contributed by atoms with Gasteiger partial charge in [-0.05, 0) is 57.9 Å². The third-order valence-electron chi connectivity index (χ3n) is 3.89. The number of hydrogen-bond acceptors (Lipinski definition) is 4. The number of ether oxygens (including phenoxy) is 1. The molecule has 0 aliphatic heterocycles. The van der Waals surface area contributed by atoms with E-state index in [-0.39, 0.29) is 22.1 Å². The molecular formula is C21H27ClN2O4S. The summed E-state index contributed by atoms with van der Waals surface area (Å²) in [5, 5.41) is 3.10. The lowest BCUT2D eigenvalue weighted by atomic mass is 10.0. The third-order valence-corrected chi connectivity index (χ3v) is 5.62. The summed E-state index contributed by atoms with van der Waals surface area (Å²) in [5.74, 6) is -0.232. The second-order valence-corrected chi connectivity index (χ2v) is 9.75. The quantitative estimate of drug-likeness (QED) is 0.660. The second-order valence-electron chi connectivity index (χ2n) is 7.63. The molecule has 8 heteroatoms. The fourth-order valence-corrected chi connectivity index (χ4v) is 4.31. The lowest BCUT2D eigenvalue weighted by molar-refractivity contribution is -0.124. The van der Waals surface area contributed by atoms with Crippen molar-refractivity contribution in [1.29, 1.82) is 0 Å². The molecule has 0 saturated carbocycles. The molecule has 0 radical (unpaired) electrons. The SMILES string of the molecule is CCOc1ccc(Cl)cc1S(=O)(=O)NC(Cc1ccccc1)C(=O)NC(C)(C)C. The van der Waals surface area contributed by atoms with E-state index in [1.165, 1.54) is 12.1 Å². The zero-order valence-electron chi connectivity index (χ0n) is 17.0. The van der Waals surface area contributed by atoms with E-state index in [0.717, 1.165) is 5.56 Å². The summed E-state index contributed by atoms with van der Waals surface area (Å²) in [5.41, 5.74) is 0.324. The number of hydrogen-bond donors (Lipinski definition) is 2. The monoisotopic (exact) mass is 438 g/mol. The molecule has 2 N–H and O–H groups in total. The first-order valence-electron chi connectivity index (χ1n) is 9.32. The van der Waals surface area contributed by atoms with Gasteiger partial charge in [0.05, 0.1) is 6.61 Å². The highest BCUT2D eigenvalue weighted by Gasteiger charge is 2.30. The van der Waals surface area contributed by atoms with Crippen molar-refractivity contribution in [3.63, 3.8) is 0 Å². The Hall–Kier alpha value is -2.09. The van der Waals surface area contributed by atoms with Crippen LogP contribution in [0.4, 0.5) is 0 Å². The van der Waals surface area contributed by atoms with Crippen LogP contribution in [0.2, 0.25) is 5.02 Å². The highest BCUT2D eigenvalue weighted by Crippen LogP contribution is 2.27. The molecule has 0 aromatic heterocycles. The molecule has 0 spiro atoms. The largest absolute Gasteiger partial charge is 0.492 e. The number of halogens is 1. The topological polar surface area (TPSA) is 84.5 Å². The second kappa shape index (κ2) is 9.61. The van der Waals surface area contributed by atoms with Crippen LogP contribution in [0.5, 0.6) is 5.75 Å². The summed E-state index contributed by atoms with van der Waals surface area (Å²) in [7, 11) is -4.08. The Bertz CT molecular complexity index is 941. The minimum Gasteiger partial charge on any atom is -0.492 e. The van der Waals surface area contributed by atoms with Crippen LogP contribution in [0.15, 0.2) is 53.4 Å². The first-order chi connectivity index (χ1) is 13.5. The molecule has 2 aromatic carbocycles. The predicted octanol–water partition coefficient (Wildman–Crippen LogP) is 3.54. The standard InChI is InChI=1S/C21H27ClN2O4S/c1-5-28-18-12-11-16(22)14-19(18)29(26,27)24-17(20(25)23-21(2,3)4)13-15-9-7-6-8-10-15/h6-12,14,17,24H,5,13H2,1-4H3,(H,23,25). The van der Waals surface area contributed by atoms with Gasteiger partial charge in [0.25, 0.3) is 0 Å². The molecule has 0 saturated heterocycles. The Morgan fingerprint density at radius 3 is 2.38 bits per heavy atom. The maximum atomic E-state index is 13.1. The summed E-state index contributed by atoms with van der Waals surface area (Å²) in [6.07, 6.45) is 0.201. The Morgan fingerprint density at radius 1 is 1.14 bits per heavy atom. The van der Waals surface area contributed by atoms with E-state index in [1.807, 2.05) is 51.1 Å². The van der Waals surface area contributed by atoms with Crippen LogP contribution in [-0.2, 0) is 21.2 Å². The van der Waals surface area contributed by atoms with E-state index < -0.39 is 27.5 Å². The fourth-order valence-electron chi connectivity index (χ4n) is 2.71. The van der Waals surface area contributed by atoms with Crippen molar-refractivity contribution in [3.05, 3.63) is 59.1 Å². The van der Waals surface area contributed by atoms with Crippen LogP contribution in [0.3, 0.4) is 0 Å². The molecule has 1 unspecified atom stereocenters. The fraction of sp³-hybridized carbons (Fsp3) is 0.381. The molecule has 158 valence electrons. The van der Waals surface area contributed by atoms with Gasteiger partial charge in [-0.25, -0.2) is 8.42 Å². The molecule has 0 fully saturated rings. The maximum absolute atomic E-state index is 13.1. The average molecular weight is 439 g/mol. The highest BCUT2D eigenvalue weighted by atomic mass is 35.5. The molecule has 1 atom stereocenters. The zero-order valence-corrected chi connectivity index (χ0v) is 18.6. The summed E-state index contributed by atoms with van der Waals surface area (Å²) in [6, 6.07) is 12.6. The normalized spacial score (nSPS) is 13.0. The lowest BCUT2D eigenvalue weighted by Crippen LogP contribution is -2.53. The number of carbonyl (C=O) groups is 1. The predicted molar refractivity (Wildman–Crippen MR) is 115 cm³/mol. The van der Waals surface area contributed by atoms with Crippen LogP contribution in [0, 0.1) is 0 Å². The van der Waals surface area contributed by atoms with Gasteiger partial charge in [-0.2, -0.15) is 4.72 Å². The van der Waals surface area contributed by atoms with Crippen molar-refractivity contribution >= 4 is 27.5 Å². The number of amides is 1. The van der Waals surface area contributed by atoms with E-state index in [2.05, 4.69) is 10.0 Å². The minimum absolute atomic E-state index is 0.103. The van der Waals surface area contributed by atoms with Crippen molar-refractivity contribution in [2.45, 2.75) is 50.6 Å². The molecule has 2 rings (SSSR count). The average Bonchev–Trinajstić information content (AvgIpc) is 2.62. The van der Waals surface area contributed by atoms with Crippen LogP contribution in [0.25, 0.3) is 0 Å². The van der Waals surface area contributed by atoms with Gasteiger partial charge >= 0.3 is 0 Å². The number of nitrogens with one attached hydrogen (secondary N) is 2. The molecule has 0 bridgehead atoms. The van der Waals surface area contributed by atoms with Gasteiger partial charge < -0.3 is 10.1 Å². The van der Waals surface area contributed by atoms with E-state index >= 15 is 0 Å². The van der Waals surface area contributed by atoms with Crippen molar-refractivity contribution in [3.8, 4) is 5.75 Å². The number of benzene rings is 2. The van der Waals surface area contributed by atoms with E-state index in [0.29, 0.717) is 6.61 Å². The summed E-state index contributed by atoms with van der Waals surface area (Å²) < 4.78 is 34.2. The highest BCUT2D eigenvalue weighted by molar-refractivity contribution is 7.89. The van der Waals surface area contributed by atoms with Gasteiger partial charge in [-0.1, -0.05) is 41.9 Å². The number of carbonyl (C=O) groups excluding carboxylic acids is 1. The van der Waals surface area contributed by atoms with Crippen LogP contribution in [0.1, 0.15) is 33.3 Å². The Labute approximate surface area is 177 Å². The molecule has 2 aromatic rings. The molecule has 0 aliphatic rings. The maximum Gasteiger partial charge on any atom is 0.245 e. The number of rotatable bonds is 8. The lowest BCUT2D eigenvalue weighted by Gasteiger charge is -2.26. The Kier molecular flexibility index (Phi) is 7.68. The molecule has 0 aliphatic carbocycles. The summed E-state index contributed by atoms with van der Waals surface area (Å²) in [4.78, 5) is 12.8. The van der Waals surface area contributed by atoms with Crippen LogP contribution >= 0.6 is 11.6 Å². The number of sulfonamides is 1. The smallest absolute Gasteiger partial charge is 0.245 e. The molecule has 6 nitrogen and oxygen atoms in total. The van der Waals surface area contributed by atoms with Crippen molar-refractivity contribution in [1.82, 2.24) is 10.0 Å². The van der Waals surface area contributed by atoms with E-state index in [9.17, 15) is 13.2 Å². The molecule has 29 heavy (non-hydrogen) atoms. The van der Waals surface area contributed by atoms with Crippen LogP contribution in [-0.4, -0.2) is 32.5 Å². The Morgan fingerprint density at radius 2 is 1.79 bits per heavy atom. The first-order valence-corrected chi connectivity index (χ1v) is 11.2. The molecular weight excluding hydrogens is 412 g/mol. The van der Waals surface area contributed by atoms with Crippen molar-refractivity contribution in [2.75, 3.05) is 6.61 Å².